The largest absolute Gasteiger partial charge is 0.481 e. The van der Waals surface area contributed by atoms with E-state index in [-0.39, 0.29) is 16.5 Å². The predicted molar refractivity (Wildman–Crippen MR) is 119 cm³/mol. The Labute approximate surface area is 184 Å². The maximum absolute atomic E-state index is 13.4. The van der Waals surface area contributed by atoms with Crippen molar-refractivity contribution in [2.45, 2.75) is 13.0 Å². The number of rotatable bonds is 4. The molecule has 162 valence electrons. The molecule has 0 bridgehead atoms. The van der Waals surface area contributed by atoms with Gasteiger partial charge >= 0.3 is 0 Å². The third kappa shape index (κ3) is 4.43. The number of hydrogen-bond acceptors (Lipinski definition) is 4. The molecular weight excluding hydrogens is 421 g/mol. The smallest absolute Gasteiger partial charge is 0.263 e. The zero-order valence-corrected chi connectivity index (χ0v) is 18.1. The average molecular weight is 444 g/mol. The van der Waals surface area contributed by atoms with Gasteiger partial charge in [-0.15, -0.1) is 0 Å². The lowest BCUT2D eigenvalue weighted by Crippen LogP contribution is -2.50. The van der Waals surface area contributed by atoms with Crippen molar-refractivity contribution >= 4 is 28.3 Å². The van der Waals surface area contributed by atoms with Crippen LogP contribution in [0.1, 0.15) is 6.92 Å². The van der Waals surface area contributed by atoms with E-state index in [0.29, 0.717) is 40.7 Å². The fraction of sp³-hybridized carbons (Fsp3) is 0.304. The SMILES string of the molecule is CC(Oc1ccc2c(-c3ccc(F)cc3Cl)c[nH]c(=O)c2c1)C(=O)N1CCN(C)CC1. The van der Waals surface area contributed by atoms with Gasteiger partial charge in [-0.1, -0.05) is 11.6 Å². The van der Waals surface area contributed by atoms with Crippen LogP contribution in [0.4, 0.5) is 4.39 Å². The normalized spacial score (nSPS) is 15.8. The van der Waals surface area contributed by atoms with Crippen LogP contribution >= 0.6 is 11.6 Å². The summed E-state index contributed by atoms with van der Waals surface area (Å²) in [5, 5.41) is 1.30. The molecule has 2 aromatic carbocycles. The van der Waals surface area contributed by atoms with Gasteiger partial charge in [-0.2, -0.15) is 0 Å². The zero-order valence-electron chi connectivity index (χ0n) is 17.3. The van der Waals surface area contributed by atoms with E-state index in [0.717, 1.165) is 13.1 Å². The summed E-state index contributed by atoms with van der Waals surface area (Å²) in [6.07, 6.45) is 0.888. The first-order chi connectivity index (χ1) is 14.8. The number of aromatic amines is 1. The molecule has 0 saturated carbocycles. The molecule has 0 radical (unpaired) electrons. The van der Waals surface area contributed by atoms with Crippen LogP contribution in [0.2, 0.25) is 5.02 Å². The highest BCUT2D eigenvalue weighted by Gasteiger charge is 2.25. The highest BCUT2D eigenvalue weighted by Crippen LogP contribution is 2.33. The first-order valence-electron chi connectivity index (χ1n) is 10.1. The standard InChI is InChI=1S/C23H23ClFN3O3/c1-14(23(30)28-9-7-27(2)8-10-28)31-16-4-6-17-19(12-16)22(29)26-13-20(17)18-5-3-15(25)11-21(18)24/h3-6,11-14H,7-10H2,1-2H3,(H,26,29). The summed E-state index contributed by atoms with van der Waals surface area (Å²) in [4.78, 5) is 31.9. The molecule has 4 rings (SSSR count). The molecule has 1 aliphatic rings. The lowest BCUT2D eigenvalue weighted by molar-refractivity contribution is -0.139. The molecule has 6 nitrogen and oxygen atoms in total. The van der Waals surface area contributed by atoms with Gasteiger partial charge in [0.05, 0.1) is 10.4 Å². The van der Waals surface area contributed by atoms with E-state index < -0.39 is 11.9 Å². The van der Waals surface area contributed by atoms with E-state index in [9.17, 15) is 14.0 Å². The van der Waals surface area contributed by atoms with Gasteiger partial charge in [0.25, 0.3) is 11.5 Å². The number of hydrogen-bond donors (Lipinski definition) is 1. The van der Waals surface area contributed by atoms with Gasteiger partial charge in [-0.25, -0.2) is 4.39 Å². The molecule has 1 aliphatic heterocycles. The molecule has 31 heavy (non-hydrogen) atoms. The Balaban J connectivity index is 1.62. The minimum Gasteiger partial charge on any atom is -0.481 e. The van der Waals surface area contributed by atoms with Crippen LogP contribution in [0.25, 0.3) is 21.9 Å². The number of piperazine rings is 1. The highest BCUT2D eigenvalue weighted by molar-refractivity contribution is 6.33. The van der Waals surface area contributed by atoms with Gasteiger partial charge in [-0.05, 0) is 55.8 Å². The lowest BCUT2D eigenvalue weighted by atomic mass is 10.0. The Morgan fingerprint density at radius 1 is 1.10 bits per heavy atom. The number of nitrogens with one attached hydrogen (secondary N) is 1. The van der Waals surface area contributed by atoms with E-state index in [2.05, 4.69) is 9.88 Å². The number of H-pyrrole nitrogens is 1. The van der Waals surface area contributed by atoms with Gasteiger partial charge < -0.3 is 19.5 Å². The van der Waals surface area contributed by atoms with Crippen LogP contribution in [-0.4, -0.2) is 60.0 Å². The van der Waals surface area contributed by atoms with Crippen LogP contribution in [0.5, 0.6) is 5.75 Å². The Morgan fingerprint density at radius 2 is 1.84 bits per heavy atom. The molecule has 1 N–H and O–H groups in total. The number of aromatic nitrogens is 1. The minimum atomic E-state index is -0.672. The quantitative estimate of drug-likeness (QED) is 0.670. The Hall–Kier alpha value is -2.90. The molecule has 1 amide bonds. The number of amides is 1. The molecule has 1 atom stereocenters. The third-order valence-electron chi connectivity index (χ3n) is 5.57. The molecule has 3 aromatic rings. The summed E-state index contributed by atoms with van der Waals surface area (Å²) in [5.74, 6) is -0.0820. The van der Waals surface area contributed by atoms with E-state index in [4.69, 9.17) is 16.3 Å². The summed E-state index contributed by atoms with van der Waals surface area (Å²) < 4.78 is 19.3. The number of halogens is 2. The maximum atomic E-state index is 13.4. The Morgan fingerprint density at radius 3 is 2.55 bits per heavy atom. The summed E-state index contributed by atoms with van der Waals surface area (Å²) in [5.41, 5.74) is 0.991. The van der Waals surface area contributed by atoms with E-state index >= 15 is 0 Å². The maximum Gasteiger partial charge on any atom is 0.263 e. The number of likely N-dealkylation sites (N-methyl/N-ethyl adjacent to an activating group) is 1. The van der Waals surface area contributed by atoms with Gasteiger partial charge in [0.15, 0.2) is 6.10 Å². The lowest BCUT2D eigenvalue weighted by Gasteiger charge is -2.33. The molecular formula is C23H23ClFN3O3. The third-order valence-corrected chi connectivity index (χ3v) is 5.88. The van der Waals surface area contributed by atoms with E-state index in [1.165, 1.54) is 12.1 Å². The molecule has 1 fully saturated rings. The average Bonchev–Trinajstić information content (AvgIpc) is 2.75. The molecule has 1 saturated heterocycles. The summed E-state index contributed by atoms with van der Waals surface area (Å²) >= 11 is 6.22. The van der Waals surface area contributed by atoms with Crippen LogP contribution in [-0.2, 0) is 4.79 Å². The van der Waals surface area contributed by atoms with Crippen LogP contribution < -0.4 is 10.3 Å². The highest BCUT2D eigenvalue weighted by atomic mass is 35.5. The zero-order chi connectivity index (χ0) is 22.1. The van der Waals surface area contributed by atoms with Crippen molar-refractivity contribution in [1.29, 1.82) is 0 Å². The van der Waals surface area contributed by atoms with Crippen LogP contribution in [0.15, 0.2) is 47.4 Å². The summed E-state index contributed by atoms with van der Waals surface area (Å²) in [7, 11) is 2.03. The number of pyridine rings is 1. The fourth-order valence-electron chi connectivity index (χ4n) is 3.78. The summed E-state index contributed by atoms with van der Waals surface area (Å²) in [6.45, 7) is 4.71. The molecule has 0 spiro atoms. The van der Waals surface area contributed by atoms with Crippen LogP contribution in [0, 0.1) is 5.82 Å². The first kappa shape index (κ1) is 21.3. The number of carbonyl (C=O) groups is 1. The Bertz CT molecular complexity index is 1190. The molecule has 8 heteroatoms. The van der Waals surface area contributed by atoms with Crippen molar-refractivity contribution in [2.75, 3.05) is 33.2 Å². The Kier molecular flexibility index (Phi) is 5.98. The van der Waals surface area contributed by atoms with Crippen molar-refractivity contribution in [3.8, 4) is 16.9 Å². The summed E-state index contributed by atoms with van der Waals surface area (Å²) in [6, 6.07) is 9.21. The second-order valence-electron chi connectivity index (χ2n) is 7.75. The number of carbonyl (C=O) groups excluding carboxylic acids is 1. The monoisotopic (exact) mass is 443 g/mol. The fourth-order valence-corrected chi connectivity index (χ4v) is 4.05. The van der Waals surface area contributed by atoms with Crippen molar-refractivity contribution in [2.24, 2.45) is 0 Å². The molecule has 2 heterocycles. The second kappa shape index (κ2) is 8.69. The van der Waals surface area contributed by atoms with Gasteiger partial charge in [0.1, 0.15) is 11.6 Å². The number of fused-ring (bicyclic) bond motifs is 1. The van der Waals surface area contributed by atoms with Crippen LogP contribution in [0.3, 0.4) is 0 Å². The van der Waals surface area contributed by atoms with Gasteiger partial charge in [-0.3, -0.25) is 9.59 Å². The minimum absolute atomic E-state index is 0.0750. The molecule has 0 aliphatic carbocycles. The number of benzene rings is 2. The molecule has 1 unspecified atom stereocenters. The van der Waals surface area contributed by atoms with E-state index in [1.54, 1.807) is 42.3 Å². The topological polar surface area (TPSA) is 65.6 Å². The van der Waals surface area contributed by atoms with Crippen molar-refractivity contribution in [3.05, 3.63) is 63.8 Å². The van der Waals surface area contributed by atoms with E-state index in [1.807, 2.05) is 7.05 Å². The van der Waals surface area contributed by atoms with Crippen molar-refractivity contribution < 1.29 is 13.9 Å². The number of ether oxygens (including phenoxy) is 1. The first-order valence-corrected chi connectivity index (χ1v) is 10.5. The number of nitrogens with zero attached hydrogens (tertiary/aromatic N) is 2. The van der Waals surface area contributed by atoms with Crippen molar-refractivity contribution in [1.82, 2.24) is 14.8 Å². The second-order valence-corrected chi connectivity index (χ2v) is 8.16. The molecule has 1 aromatic heterocycles. The van der Waals surface area contributed by atoms with Crippen molar-refractivity contribution in [3.63, 3.8) is 0 Å². The predicted octanol–water partition coefficient (Wildman–Crippen LogP) is 3.53. The van der Waals surface area contributed by atoms with Gasteiger partial charge in [0.2, 0.25) is 0 Å². The van der Waals surface area contributed by atoms with Gasteiger partial charge in [0, 0.05) is 43.5 Å².